The number of hydrogen-bond acceptors (Lipinski definition) is 5. The van der Waals surface area contributed by atoms with Crippen molar-refractivity contribution in [3.63, 3.8) is 0 Å². The van der Waals surface area contributed by atoms with Crippen molar-refractivity contribution in [2.24, 2.45) is 0 Å². The first-order valence-electron chi connectivity index (χ1n) is 7.91. The summed E-state index contributed by atoms with van der Waals surface area (Å²) in [4.78, 5) is 2.52. The first-order chi connectivity index (χ1) is 11.3. The SMILES string of the molecule is COc1ccc2c(c1)CCN(Cc1ccc3nsnc3c1)CC2. The van der Waals surface area contributed by atoms with Gasteiger partial charge in [0, 0.05) is 19.6 Å². The Kier molecular flexibility index (Phi) is 3.97. The van der Waals surface area contributed by atoms with E-state index in [0.29, 0.717) is 0 Å². The maximum absolute atomic E-state index is 5.35. The molecule has 0 atom stereocenters. The summed E-state index contributed by atoms with van der Waals surface area (Å²) in [5, 5.41) is 0. The fraction of sp³-hybridized carbons (Fsp3) is 0.333. The number of nitrogens with zero attached hydrogens (tertiary/aromatic N) is 3. The molecule has 0 radical (unpaired) electrons. The van der Waals surface area contributed by atoms with E-state index in [0.717, 1.165) is 49.3 Å². The van der Waals surface area contributed by atoms with Crippen LogP contribution in [-0.2, 0) is 19.4 Å². The van der Waals surface area contributed by atoms with Crippen molar-refractivity contribution in [2.45, 2.75) is 19.4 Å². The van der Waals surface area contributed by atoms with Crippen molar-refractivity contribution in [3.05, 3.63) is 53.1 Å². The van der Waals surface area contributed by atoms with Crippen LogP contribution in [0, 0.1) is 0 Å². The van der Waals surface area contributed by atoms with E-state index in [9.17, 15) is 0 Å². The van der Waals surface area contributed by atoms with E-state index in [1.54, 1.807) is 7.11 Å². The lowest BCUT2D eigenvalue weighted by atomic mass is 10.0. The van der Waals surface area contributed by atoms with Gasteiger partial charge >= 0.3 is 0 Å². The molecule has 0 amide bonds. The molecule has 0 saturated heterocycles. The molecule has 2 aromatic carbocycles. The van der Waals surface area contributed by atoms with E-state index >= 15 is 0 Å². The van der Waals surface area contributed by atoms with E-state index in [4.69, 9.17) is 4.74 Å². The molecule has 118 valence electrons. The van der Waals surface area contributed by atoms with Crippen LogP contribution in [0.5, 0.6) is 5.75 Å². The molecule has 0 spiro atoms. The van der Waals surface area contributed by atoms with Gasteiger partial charge in [-0.3, -0.25) is 4.90 Å². The molecule has 0 saturated carbocycles. The number of fused-ring (bicyclic) bond motifs is 2. The van der Waals surface area contributed by atoms with Gasteiger partial charge in [-0.25, -0.2) is 0 Å². The molecule has 0 N–H and O–H groups in total. The summed E-state index contributed by atoms with van der Waals surface area (Å²) in [6.45, 7) is 3.14. The molecule has 1 aromatic heterocycles. The summed E-state index contributed by atoms with van der Waals surface area (Å²) >= 11 is 1.28. The fourth-order valence-corrected chi connectivity index (χ4v) is 3.73. The maximum Gasteiger partial charge on any atom is 0.119 e. The summed E-state index contributed by atoms with van der Waals surface area (Å²) in [7, 11) is 1.73. The lowest BCUT2D eigenvalue weighted by molar-refractivity contribution is 0.279. The Balaban J connectivity index is 1.49. The Hall–Kier alpha value is -1.98. The third kappa shape index (κ3) is 3.07. The van der Waals surface area contributed by atoms with Gasteiger partial charge in [-0.15, -0.1) is 0 Å². The monoisotopic (exact) mass is 325 g/mol. The second kappa shape index (κ2) is 6.26. The number of rotatable bonds is 3. The Bertz CT molecular complexity index is 830. The van der Waals surface area contributed by atoms with E-state index in [2.05, 4.69) is 50.0 Å². The molecule has 4 nitrogen and oxygen atoms in total. The van der Waals surface area contributed by atoms with Gasteiger partial charge in [-0.2, -0.15) is 8.75 Å². The van der Waals surface area contributed by atoms with E-state index in [1.807, 2.05) is 0 Å². The molecule has 2 heterocycles. The predicted octanol–water partition coefficient (Wildman–Crippen LogP) is 3.30. The van der Waals surface area contributed by atoms with Gasteiger partial charge in [0.05, 0.1) is 18.8 Å². The molecule has 23 heavy (non-hydrogen) atoms. The Morgan fingerprint density at radius 1 is 1.00 bits per heavy atom. The van der Waals surface area contributed by atoms with Gasteiger partial charge in [0.15, 0.2) is 0 Å². The number of methoxy groups -OCH3 is 1. The quantitative estimate of drug-likeness (QED) is 0.740. The van der Waals surface area contributed by atoms with Gasteiger partial charge in [0.25, 0.3) is 0 Å². The van der Waals surface area contributed by atoms with E-state index in [1.165, 1.54) is 28.4 Å². The second-order valence-electron chi connectivity index (χ2n) is 6.00. The average molecular weight is 325 g/mol. The molecule has 1 aliphatic heterocycles. The van der Waals surface area contributed by atoms with Crippen molar-refractivity contribution in [2.75, 3.05) is 20.2 Å². The number of hydrogen-bond donors (Lipinski definition) is 0. The van der Waals surface area contributed by atoms with Gasteiger partial charge in [-0.05, 0) is 53.8 Å². The van der Waals surface area contributed by atoms with Crippen LogP contribution >= 0.6 is 11.7 Å². The van der Waals surface area contributed by atoms with E-state index < -0.39 is 0 Å². The Morgan fingerprint density at radius 2 is 1.83 bits per heavy atom. The first kappa shape index (κ1) is 14.6. The van der Waals surface area contributed by atoms with Crippen LogP contribution in [0.3, 0.4) is 0 Å². The molecule has 3 aromatic rings. The summed E-state index contributed by atoms with van der Waals surface area (Å²) in [5.74, 6) is 0.957. The maximum atomic E-state index is 5.35. The van der Waals surface area contributed by atoms with Gasteiger partial charge in [-0.1, -0.05) is 12.1 Å². The lowest BCUT2D eigenvalue weighted by Crippen LogP contribution is -2.25. The minimum atomic E-state index is 0.957. The first-order valence-corrected chi connectivity index (χ1v) is 8.64. The van der Waals surface area contributed by atoms with Crippen LogP contribution in [0.25, 0.3) is 11.0 Å². The number of benzene rings is 2. The molecular weight excluding hydrogens is 306 g/mol. The largest absolute Gasteiger partial charge is 0.497 e. The number of ether oxygens (including phenoxy) is 1. The van der Waals surface area contributed by atoms with Crippen LogP contribution in [0.2, 0.25) is 0 Å². The highest BCUT2D eigenvalue weighted by Crippen LogP contribution is 2.23. The average Bonchev–Trinajstić information content (AvgIpc) is 2.96. The molecule has 4 rings (SSSR count). The summed E-state index contributed by atoms with van der Waals surface area (Å²) in [6.07, 6.45) is 2.17. The second-order valence-corrected chi connectivity index (χ2v) is 6.53. The molecule has 1 aliphatic rings. The van der Waals surface area contributed by atoms with Gasteiger partial charge in [0.1, 0.15) is 16.8 Å². The molecule has 5 heteroatoms. The zero-order valence-electron chi connectivity index (χ0n) is 13.2. The third-order valence-corrected chi connectivity index (χ3v) is 5.09. The zero-order valence-corrected chi connectivity index (χ0v) is 14.0. The van der Waals surface area contributed by atoms with Crippen LogP contribution < -0.4 is 4.74 Å². The predicted molar refractivity (Wildman–Crippen MR) is 93.1 cm³/mol. The van der Waals surface area contributed by atoms with Crippen LogP contribution in [-0.4, -0.2) is 33.8 Å². The standard InChI is InChI=1S/C18H19N3OS/c1-22-16-4-3-14-6-8-21(9-7-15(14)11-16)12-13-2-5-17-18(10-13)20-23-19-17/h2-5,10-11H,6-9,12H2,1H3. The molecule has 0 unspecified atom stereocenters. The van der Waals surface area contributed by atoms with Crippen LogP contribution in [0.15, 0.2) is 36.4 Å². The zero-order chi connectivity index (χ0) is 15.6. The van der Waals surface area contributed by atoms with Crippen LogP contribution in [0.1, 0.15) is 16.7 Å². The highest BCUT2D eigenvalue weighted by Gasteiger charge is 2.15. The third-order valence-electron chi connectivity index (χ3n) is 4.53. The molecular formula is C18H19N3OS. The van der Waals surface area contributed by atoms with Crippen molar-refractivity contribution >= 4 is 22.8 Å². The van der Waals surface area contributed by atoms with E-state index in [-0.39, 0.29) is 0 Å². The molecule has 0 aliphatic carbocycles. The molecule has 0 bridgehead atoms. The van der Waals surface area contributed by atoms with Crippen molar-refractivity contribution in [1.29, 1.82) is 0 Å². The van der Waals surface area contributed by atoms with Gasteiger partial charge in [0.2, 0.25) is 0 Å². The minimum Gasteiger partial charge on any atom is -0.497 e. The topological polar surface area (TPSA) is 38.2 Å². The summed E-state index contributed by atoms with van der Waals surface area (Å²) < 4.78 is 14.0. The highest BCUT2D eigenvalue weighted by atomic mass is 32.1. The highest BCUT2D eigenvalue weighted by molar-refractivity contribution is 7.00. The summed E-state index contributed by atoms with van der Waals surface area (Å²) in [6, 6.07) is 12.9. The fourth-order valence-electron chi connectivity index (χ4n) is 3.22. The Morgan fingerprint density at radius 3 is 2.70 bits per heavy atom. The van der Waals surface area contributed by atoms with Gasteiger partial charge < -0.3 is 4.74 Å². The summed E-state index contributed by atoms with van der Waals surface area (Å²) in [5.41, 5.74) is 6.19. The van der Waals surface area contributed by atoms with Crippen LogP contribution in [0.4, 0.5) is 0 Å². The lowest BCUT2D eigenvalue weighted by Gasteiger charge is -2.19. The smallest absolute Gasteiger partial charge is 0.119 e. The van der Waals surface area contributed by atoms with Crippen molar-refractivity contribution in [3.8, 4) is 5.75 Å². The van der Waals surface area contributed by atoms with Crippen molar-refractivity contribution in [1.82, 2.24) is 13.6 Å². The Labute approximate surface area is 140 Å². The normalized spacial score (nSPS) is 15.3. The van der Waals surface area contributed by atoms with Crippen molar-refractivity contribution < 1.29 is 4.74 Å². The minimum absolute atomic E-state index is 0.957. The number of aromatic nitrogens is 2. The molecule has 0 fully saturated rings.